The van der Waals surface area contributed by atoms with Gasteiger partial charge in [-0.2, -0.15) is 0 Å². The summed E-state index contributed by atoms with van der Waals surface area (Å²) in [6.45, 7) is 4.12. The number of hydrogen-bond donors (Lipinski definition) is 3. The van der Waals surface area contributed by atoms with Crippen LogP contribution in [0.3, 0.4) is 0 Å². The predicted octanol–water partition coefficient (Wildman–Crippen LogP) is 4.57. The molecule has 1 aliphatic rings. The van der Waals surface area contributed by atoms with E-state index in [0.29, 0.717) is 28.7 Å². The Labute approximate surface area is 175 Å². The van der Waals surface area contributed by atoms with E-state index >= 15 is 0 Å². The molecule has 2 aromatic rings. The third kappa shape index (κ3) is 5.99. The molecule has 0 aliphatic carbocycles. The molecular formula is C20H25Cl2N3O3. The van der Waals surface area contributed by atoms with Crippen LogP contribution in [0.15, 0.2) is 41.0 Å². The molecule has 2 heterocycles. The van der Waals surface area contributed by atoms with E-state index in [1.54, 1.807) is 30.3 Å². The molecule has 0 radical (unpaired) electrons. The Hall–Kier alpha value is -2.02. The van der Waals surface area contributed by atoms with Crippen LogP contribution in [0, 0.1) is 11.8 Å². The molecule has 28 heavy (non-hydrogen) atoms. The molecule has 2 unspecified atom stereocenters. The first-order chi connectivity index (χ1) is 13.0. The molecular weight excluding hydrogens is 401 g/mol. The van der Waals surface area contributed by atoms with Gasteiger partial charge in [0, 0.05) is 11.4 Å². The van der Waals surface area contributed by atoms with Crippen molar-refractivity contribution in [1.29, 1.82) is 0 Å². The average molecular weight is 426 g/mol. The molecule has 3 N–H and O–H groups in total. The lowest BCUT2D eigenvalue weighted by molar-refractivity contribution is -0.117. The number of carbonyl (C=O) groups excluding carboxylic acids is 2. The Kier molecular flexibility index (Phi) is 8.35. The summed E-state index contributed by atoms with van der Waals surface area (Å²) in [6, 6.07) is 8.17. The van der Waals surface area contributed by atoms with Gasteiger partial charge in [0.1, 0.15) is 0 Å². The number of carbonyl (C=O) groups is 2. The highest BCUT2D eigenvalue weighted by Crippen LogP contribution is 2.28. The number of nitrogens with one attached hydrogen (secondary N) is 3. The van der Waals surface area contributed by atoms with Crippen LogP contribution in [0.2, 0.25) is 5.02 Å². The van der Waals surface area contributed by atoms with Gasteiger partial charge in [-0.1, -0.05) is 18.5 Å². The summed E-state index contributed by atoms with van der Waals surface area (Å²) < 4.78 is 5.10. The van der Waals surface area contributed by atoms with Gasteiger partial charge in [-0.25, -0.2) is 0 Å². The minimum atomic E-state index is -0.403. The Morgan fingerprint density at radius 3 is 2.79 bits per heavy atom. The van der Waals surface area contributed by atoms with Crippen LogP contribution in [0.25, 0.3) is 0 Å². The fourth-order valence-corrected chi connectivity index (χ4v) is 3.52. The highest BCUT2D eigenvalue weighted by molar-refractivity contribution is 6.31. The van der Waals surface area contributed by atoms with Crippen molar-refractivity contribution in [2.75, 3.05) is 23.7 Å². The number of rotatable bonds is 6. The number of halogens is 2. The first-order valence-electron chi connectivity index (χ1n) is 9.18. The maximum Gasteiger partial charge on any atom is 0.291 e. The van der Waals surface area contributed by atoms with E-state index in [1.165, 1.54) is 6.26 Å². The van der Waals surface area contributed by atoms with Crippen molar-refractivity contribution in [3.05, 3.63) is 47.4 Å². The average Bonchev–Trinajstić information content (AvgIpc) is 3.19. The number of benzene rings is 1. The fourth-order valence-electron chi connectivity index (χ4n) is 3.35. The van der Waals surface area contributed by atoms with Crippen molar-refractivity contribution < 1.29 is 14.0 Å². The van der Waals surface area contributed by atoms with Crippen LogP contribution in [-0.4, -0.2) is 24.9 Å². The van der Waals surface area contributed by atoms with Crippen LogP contribution < -0.4 is 16.0 Å². The molecule has 2 atom stereocenters. The number of anilines is 2. The van der Waals surface area contributed by atoms with Crippen molar-refractivity contribution in [3.8, 4) is 0 Å². The summed E-state index contributed by atoms with van der Waals surface area (Å²) in [5.41, 5.74) is 0.947. The molecule has 0 saturated carbocycles. The molecule has 1 aromatic heterocycles. The number of piperidine rings is 1. The standard InChI is InChI=1S/C20H24ClN3O3.ClH/c1-13(14-4-2-8-22-12-14)10-19(25)23-16-7-6-15(21)11-17(16)24-20(26)18-5-3-9-27-18;/h3,5-7,9,11,13-14,22H,2,4,8,10,12H2,1H3,(H,23,25)(H,24,26);1H. The summed E-state index contributed by atoms with van der Waals surface area (Å²) >= 11 is 6.05. The highest BCUT2D eigenvalue weighted by atomic mass is 35.5. The highest BCUT2D eigenvalue weighted by Gasteiger charge is 2.22. The summed E-state index contributed by atoms with van der Waals surface area (Å²) in [7, 11) is 0. The topological polar surface area (TPSA) is 83.4 Å². The van der Waals surface area contributed by atoms with Crippen LogP contribution in [0.4, 0.5) is 11.4 Å². The van der Waals surface area contributed by atoms with Gasteiger partial charge in [-0.3, -0.25) is 9.59 Å². The van der Waals surface area contributed by atoms with Crippen LogP contribution in [-0.2, 0) is 4.79 Å². The maximum atomic E-state index is 12.5. The third-order valence-electron chi connectivity index (χ3n) is 4.90. The molecule has 1 fully saturated rings. The van der Waals surface area contributed by atoms with E-state index in [2.05, 4.69) is 22.9 Å². The van der Waals surface area contributed by atoms with Gasteiger partial charge in [0.25, 0.3) is 5.91 Å². The molecule has 8 heteroatoms. The second kappa shape index (κ2) is 10.5. The van der Waals surface area contributed by atoms with Gasteiger partial charge in [0.2, 0.25) is 5.91 Å². The summed E-state index contributed by atoms with van der Waals surface area (Å²) in [6.07, 6.45) is 4.15. The minimum absolute atomic E-state index is 0. The van der Waals surface area contributed by atoms with Crippen LogP contribution in [0.5, 0.6) is 0 Å². The molecule has 1 saturated heterocycles. The van der Waals surface area contributed by atoms with E-state index < -0.39 is 5.91 Å². The zero-order valence-electron chi connectivity index (χ0n) is 15.7. The van der Waals surface area contributed by atoms with E-state index in [1.807, 2.05) is 0 Å². The number of furan rings is 1. The number of hydrogen-bond acceptors (Lipinski definition) is 4. The molecule has 6 nitrogen and oxygen atoms in total. The van der Waals surface area contributed by atoms with Crippen molar-refractivity contribution >= 4 is 47.2 Å². The lowest BCUT2D eigenvalue weighted by atomic mass is 9.85. The first kappa shape index (κ1) is 22.3. The largest absolute Gasteiger partial charge is 0.459 e. The molecule has 152 valence electrons. The lowest BCUT2D eigenvalue weighted by Gasteiger charge is -2.28. The monoisotopic (exact) mass is 425 g/mol. The summed E-state index contributed by atoms with van der Waals surface area (Å²) in [5.74, 6) is 0.494. The Balaban J connectivity index is 0.00000280. The van der Waals surface area contributed by atoms with E-state index in [-0.39, 0.29) is 30.0 Å². The smallest absolute Gasteiger partial charge is 0.291 e. The number of amides is 2. The van der Waals surface area contributed by atoms with Crippen LogP contribution >= 0.6 is 24.0 Å². The van der Waals surface area contributed by atoms with Gasteiger partial charge in [0.15, 0.2) is 5.76 Å². The fraction of sp³-hybridized carbons (Fsp3) is 0.400. The van der Waals surface area contributed by atoms with Crippen molar-refractivity contribution in [1.82, 2.24) is 5.32 Å². The second-order valence-corrected chi connectivity index (χ2v) is 7.39. The molecule has 2 amide bonds. The predicted molar refractivity (Wildman–Crippen MR) is 113 cm³/mol. The second-order valence-electron chi connectivity index (χ2n) is 6.96. The molecule has 1 aromatic carbocycles. The normalized spacial score (nSPS) is 17.3. The van der Waals surface area contributed by atoms with Gasteiger partial charge < -0.3 is 20.4 Å². The Morgan fingerprint density at radius 1 is 1.29 bits per heavy atom. The van der Waals surface area contributed by atoms with Gasteiger partial charge in [0.05, 0.1) is 17.6 Å². The zero-order valence-corrected chi connectivity index (χ0v) is 17.2. The molecule has 3 rings (SSSR count). The van der Waals surface area contributed by atoms with E-state index in [9.17, 15) is 9.59 Å². The summed E-state index contributed by atoms with van der Waals surface area (Å²) in [5, 5.41) is 9.48. The third-order valence-corrected chi connectivity index (χ3v) is 5.13. The van der Waals surface area contributed by atoms with Crippen molar-refractivity contribution in [3.63, 3.8) is 0 Å². The Bertz CT molecular complexity index is 790. The van der Waals surface area contributed by atoms with E-state index in [4.69, 9.17) is 16.0 Å². The van der Waals surface area contributed by atoms with Crippen molar-refractivity contribution in [2.45, 2.75) is 26.2 Å². The summed E-state index contributed by atoms with van der Waals surface area (Å²) in [4.78, 5) is 24.8. The van der Waals surface area contributed by atoms with Crippen molar-refractivity contribution in [2.24, 2.45) is 11.8 Å². The van der Waals surface area contributed by atoms with E-state index in [0.717, 1.165) is 25.9 Å². The van der Waals surface area contributed by atoms with Gasteiger partial charge in [-0.05, 0) is 68.1 Å². The van der Waals surface area contributed by atoms with Gasteiger partial charge in [-0.15, -0.1) is 12.4 Å². The zero-order chi connectivity index (χ0) is 19.2. The minimum Gasteiger partial charge on any atom is -0.459 e. The molecule has 1 aliphatic heterocycles. The first-order valence-corrected chi connectivity index (χ1v) is 9.55. The quantitative estimate of drug-likeness (QED) is 0.632. The lowest BCUT2D eigenvalue weighted by Crippen LogP contribution is -2.34. The maximum absolute atomic E-state index is 12.5. The van der Waals surface area contributed by atoms with Crippen LogP contribution in [0.1, 0.15) is 36.7 Å². The van der Waals surface area contributed by atoms with Gasteiger partial charge >= 0.3 is 0 Å². The Morgan fingerprint density at radius 2 is 2.11 bits per heavy atom. The molecule has 0 bridgehead atoms. The SMILES string of the molecule is CC(CC(=O)Nc1ccc(Cl)cc1NC(=O)c1ccco1)C1CCCNC1.Cl. The molecule has 0 spiro atoms.